The van der Waals surface area contributed by atoms with Crippen LogP contribution in [0.1, 0.15) is 15.9 Å². The molecule has 0 unspecified atom stereocenters. The van der Waals surface area contributed by atoms with Crippen molar-refractivity contribution in [2.75, 3.05) is 26.2 Å². The Labute approximate surface area is 95.6 Å². The lowest BCUT2D eigenvalue weighted by Gasteiger charge is -2.32. The normalized spacial score (nSPS) is 17.5. The molecule has 1 amide bonds. The number of carbonyl (C=O) groups is 1. The summed E-state index contributed by atoms with van der Waals surface area (Å²) in [5.41, 5.74) is 1.88. The van der Waals surface area contributed by atoms with Gasteiger partial charge in [-0.15, -0.1) is 0 Å². The fraction of sp³-hybridized carbons (Fsp3) is 0.417. The molecule has 1 aromatic carbocycles. The molecule has 0 radical (unpaired) electrons. The predicted octanol–water partition coefficient (Wildman–Crippen LogP) is 0.627. The van der Waals surface area contributed by atoms with E-state index in [4.69, 9.17) is 5.84 Å². The van der Waals surface area contributed by atoms with E-state index in [9.17, 15) is 4.79 Å². The summed E-state index contributed by atoms with van der Waals surface area (Å²) in [4.78, 5) is 14.0. The molecule has 0 bridgehead atoms. The molecule has 1 aliphatic rings. The quantitative estimate of drug-likeness (QED) is 0.705. The van der Waals surface area contributed by atoms with Crippen LogP contribution >= 0.6 is 0 Å². The van der Waals surface area contributed by atoms with E-state index in [0.29, 0.717) is 13.1 Å². The van der Waals surface area contributed by atoms with Crippen LogP contribution in [-0.2, 0) is 0 Å². The van der Waals surface area contributed by atoms with Crippen LogP contribution in [0.4, 0.5) is 0 Å². The highest BCUT2D eigenvalue weighted by atomic mass is 16.2. The van der Waals surface area contributed by atoms with E-state index in [2.05, 4.69) is 0 Å². The number of aryl methyl sites for hydroxylation is 1. The maximum absolute atomic E-state index is 12.1. The minimum absolute atomic E-state index is 0.108. The maximum Gasteiger partial charge on any atom is 0.253 e. The molecule has 16 heavy (non-hydrogen) atoms. The zero-order valence-electron chi connectivity index (χ0n) is 9.52. The largest absolute Gasteiger partial charge is 0.336 e. The van der Waals surface area contributed by atoms with Crippen LogP contribution in [-0.4, -0.2) is 42.0 Å². The highest BCUT2D eigenvalue weighted by Gasteiger charge is 2.20. The SMILES string of the molecule is Cc1cccc(C(=O)N2CCN(N)CC2)c1. The molecule has 2 N–H and O–H groups in total. The van der Waals surface area contributed by atoms with Crippen molar-refractivity contribution >= 4 is 5.91 Å². The van der Waals surface area contributed by atoms with Crippen LogP contribution < -0.4 is 5.84 Å². The average Bonchev–Trinajstić information content (AvgIpc) is 2.29. The van der Waals surface area contributed by atoms with Gasteiger partial charge in [-0.1, -0.05) is 17.7 Å². The molecule has 0 saturated carbocycles. The summed E-state index contributed by atoms with van der Waals surface area (Å²) in [5, 5.41) is 1.75. The van der Waals surface area contributed by atoms with Gasteiger partial charge in [0, 0.05) is 31.7 Å². The summed E-state index contributed by atoms with van der Waals surface area (Å²) < 4.78 is 0. The van der Waals surface area contributed by atoms with Gasteiger partial charge in [-0.2, -0.15) is 0 Å². The number of piperazine rings is 1. The van der Waals surface area contributed by atoms with Gasteiger partial charge >= 0.3 is 0 Å². The van der Waals surface area contributed by atoms with Gasteiger partial charge in [-0.05, 0) is 19.1 Å². The first-order chi connectivity index (χ1) is 7.66. The van der Waals surface area contributed by atoms with Crippen LogP contribution in [0.5, 0.6) is 0 Å². The number of nitrogens with zero attached hydrogens (tertiary/aromatic N) is 2. The molecule has 4 heteroatoms. The Morgan fingerprint density at radius 2 is 1.94 bits per heavy atom. The smallest absolute Gasteiger partial charge is 0.253 e. The van der Waals surface area contributed by atoms with E-state index in [-0.39, 0.29) is 5.91 Å². The van der Waals surface area contributed by atoms with Crippen LogP contribution in [0.3, 0.4) is 0 Å². The lowest BCUT2D eigenvalue weighted by Crippen LogP contribution is -2.51. The molecule has 0 spiro atoms. The number of benzene rings is 1. The van der Waals surface area contributed by atoms with Gasteiger partial charge in [0.05, 0.1) is 0 Å². The van der Waals surface area contributed by atoms with E-state index < -0.39 is 0 Å². The van der Waals surface area contributed by atoms with Gasteiger partial charge < -0.3 is 4.90 Å². The summed E-state index contributed by atoms with van der Waals surface area (Å²) in [5.74, 6) is 5.76. The minimum Gasteiger partial charge on any atom is -0.336 e. The van der Waals surface area contributed by atoms with E-state index in [0.717, 1.165) is 24.2 Å². The molecule has 1 aromatic rings. The second-order valence-electron chi connectivity index (χ2n) is 4.20. The van der Waals surface area contributed by atoms with Crippen LogP contribution in [0, 0.1) is 6.92 Å². The van der Waals surface area contributed by atoms with Gasteiger partial charge in [-0.25, -0.2) is 5.01 Å². The van der Waals surface area contributed by atoms with Crippen molar-refractivity contribution in [1.29, 1.82) is 0 Å². The Balaban J connectivity index is 2.08. The molecule has 0 aromatic heterocycles. The number of amides is 1. The Kier molecular flexibility index (Phi) is 3.22. The summed E-state index contributed by atoms with van der Waals surface area (Å²) in [7, 11) is 0. The van der Waals surface area contributed by atoms with Gasteiger partial charge in [-0.3, -0.25) is 10.6 Å². The fourth-order valence-electron chi connectivity index (χ4n) is 1.89. The molecule has 1 heterocycles. The topological polar surface area (TPSA) is 49.6 Å². The van der Waals surface area contributed by atoms with E-state index in [1.165, 1.54) is 0 Å². The Hall–Kier alpha value is -1.39. The third kappa shape index (κ3) is 2.40. The van der Waals surface area contributed by atoms with Crippen LogP contribution in [0.25, 0.3) is 0 Å². The molecule has 1 saturated heterocycles. The first-order valence-electron chi connectivity index (χ1n) is 5.52. The number of rotatable bonds is 1. The van der Waals surface area contributed by atoms with Crippen LogP contribution in [0.15, 0.2) is 24.3 Å². The van der Waals surface area contributed by atoms with Gasteiger partial charge in [0.15, 0.2) is 0 Å². The Bertz CT molecular complexity index is 384. The van der Waals surface area contributed by atoms with Crippen molar-refractivity contribution in [3.8, 4) is 0 Å². The summed E-state index contributed by atoms with van der Waals surface area (Å²) in [6.45, 7) is 4.91. The molecule has 86 valence electrons. The molecular formula is C12H17N3O. The zero-order chi connectivity index (χ0) is 11.5. The number of nitrogens with two attached hydrogens (primary N) is 1. The van der Waals surface area contributed by atoms with Crippen molar-refractivity contribution in [2.45, 2.75) is 6.92 Å². The Morgan fingerprint density at radius 3 is 2.56 bits per heavy atom. The first-order valence-corrected chi connectivity index (χ1v) is 5.52. The maximum atomic E-state index is 12.1. The van der Waals surface area contributed by atoms with E-state index >= 15 is 0 Å². The highest BCUT2D eigenvalue weighted by Crippen LogP contribution is 2.09. The molecule has 0 atom stereocenters. The van der Waals surface area contributed by atoms with Crippen LogP contribution in [0.2, 0.25) is 0 Å². The van der Waals surface area contributed by atoms with Gasteiger partial charge in [0.1, 0.15) is 0 Å². The summed E-state index contributed by atoms with van der Waals surface area (Å²) >= 11 is 0. The van der Waals surface area contributed by atoms with Crippen molar-refractivity contribution in [3.63, 3.8) is 0 Å². The van der Waals surface area contributed by atoms with Crippen molar-refractivity contribution in [2.24, 2.45) is 5.84 Å². The molecule has 0 aliphatic carbocycles. The summed E-state index contributed by atoms with van der Waals surface area (Å²) in [6.07, 6.45) is 0. The molecular weight excluding hydrogens is 202 g/mol. The first kappa shape index (κ1) is 11.1. The lowest BCUT2D eigenvalue weighted by molar-refractivity contribution is 0.0638. The number of hydrogen-bond acceptors (Lipinski definition) is 3. The van der Waals surface area contributed by atoms with Crippen molar-refractivity contribution in [1.82, 2.24) is 9.91 Å². The molecule has 1 aliphatic heterocycles. The number of hydrogen-bond donors (Lipinski definition) is 1. The fourth-order valence-corrected chi connectivity index (χ4v) is 1.89. The zero-order valence-corrected chi connectivity index (χ0v) is 9.52. The molecule has 1 fully saturated rings. The van der Waals surface area contributed by atoms with Gasteiger partial charge in [0.2, 0.25) is 0 Å². The second kappa shape index (κ2) is 4.63. The second-order valence-corrected chi connectivity index (χ2v) is 4.20. The molecule has 4 nitrogen and oxygen atoms in total. The number of carbonyl (C=O) groups excluding carboxylic acids is 1. The predicted molar refractivity (Wildman–Crippen MR) is 62.8 cm³/mol. The van der Waals surface area contributed by atoms with E-state index in [1.54, 1.807) is 5.01 Å². The molecule has 2 rings (SSSR count). The minimum atomic E-state index is 0.108. The lowest BCUT2D eigenvalue weighted by atomic mass is 10.1. The monoisotopic (exact) mass is 219 g/mol. The third-order valence-corrected chi connectivity index (χ3v) is 2.87. The van der Waals surface area contributed by atoms with Crippen molar-refractivity contribution < 1.29 is 4.79 Å². The van der Waals surface area contributed by atoms with Crippen molar-refractivity contribution in [3.05, 3.63) is 35.4 Å². The summed E-state index contributed by atoms with van der Waals surface area (Å²) in [6, 6.07) is 7.71. The number of hydrazine groups is 1. The van der Waals surface area contributed by atoms with Gasteiger partial charge in [0.25, 0.3) is 5.91 Å². The standard InChI is InChI=1S/C12H17N3O/c1-10-3-2-4-11(9-10)12(16)14-5-7-15(13)8-6-14/h2-4,9H,5-8,13H2,1H3. The highest BCUT2D eigenvalue weighted by molar-refractivity contribution is 5.94. The third-order valence-electron chi connectivity index (χ3n) is 2.87. The van der Waals surface area contributed by atoms with E-state index in [1.807, 2.05) is 36.1 Å². The average molecular weight is 219 g/mol. The Morgan fingerprint density at radius 1 is 1.25 bits per heavy atom.